The van der Waals surface area contributed by atoms with Crippen LogP contribution in [0.4, 0.5) is 0 Å². The molecule has 2 fully saturated rings. The quantitative estimate of drug-likeness (QED) is 0.559. The fourth-order valence-electron chi connectivity index (χ4n) is 3.92. The number of hydrogen-bond donors (Lipinski definition) is 0. The Hall–Kier alpha value is -2.41. The summed E-state index contributed by atoms with van der Waals surface area (Å²) in [5.41, 5.74) is 0.902. The molecule has 12 heteroatoms. The Morgan fingerprint density at radius 3 is 2.22 bits per heavy atom. The van der Waals surface area contributed by atoms with Gasteiger partial charge in [-0.25, -0.2) is 0 Å². The van der Waals surface area contributed by atoms with Gasteiger partial charge in [0.25, 0.3) is 10.2 Å². The first-order valence-electron chi connectivity index (χ1n) is 11.0. The second kappa shape index (κ2) is 10.0. The third kappa shape index (κ3) is 5.31. The molecule has 0 atom stereocenters. The van der Waals surface area contributed by atoms with Crippen LogP contribution in [0.1, 0.15) is 12.8 Å². The number of amides is 1. The van der Waals surface area contributed by atoms with E-state index >= 15 is 0 Å². The molecule has 2 aliphatic rings. The van der Waals surface area contributed by atoms with Gasteiger partial charge in [0.1, 0.15) is 0 Å². The highest BCUT2D eigenvalue weighted by molar-refractivity contribution is 7.86. The zero-order valence-electron chi connectivity index (χ0n) is 18.4. The SMILES string of the molecule is CN1CCN(S(=O)(=O)N2CCN(C(=O)CCCn3nnc(-c4ccccc4)n3)CC2)CC1. The van der Waals surface area contributed by atoms with E-state index in [1.807, 2.05) is 37.4 Å². The Balaban J connectivity index is 1.21. The molecule has 2 saturated heterocycles. The summed E-state index contributed by atoms with van der Waals surface area (Å²) in [4.78, 5) is 18.0. The Bertz CT molecular complexity index is 997. The zero-order valence-corrected chi connectivity index (χ0v) is 19.2. The Morgan fingerprint density at radius 2 is 1.56 bits per heavy atom. The molecule has 0 radical (unpaired) electrons. The van der Waals surface area contributed by atoms with Gasteiger partial charge in [-0.2, -0.15) is 21.8 Å². The van der Waals surface area contributed by atoms with Gasteiger partial charge in [0.2, 0.25) is 11.7 Å². The largest absolute Gasteiger partial charge is 0.340 e. The molecule has 1 aromatic carbocycles. The Kier molecular flexibility index (Phi) is 7.13. The summed E-state index contributed by atoms with van der Waals surface area (Å²) in [7, 11) is -1.46. The summed E-state index contributed by atoms with van der Waals surface area (Å²) >= 11 is 0. The molecule has 0 N–H and O–H groups in total. The van der Waals surface area contributed by atoms with Gasteiger partial charge < -0.3 is 9.80 Å². The molecular formula is C20H30N8O3S. The fraction of sp³-hybridized carbons (Fsp3) is 0.600. The van der Waals surface area contributed by atoms with Gasteiger partial charge in [-0.05, 0) is 18.7 Å². The van der Waals surface area contributed by atoms with E-state index in [4.69, 9.17) is 0 Å². The first kappa shape index (κ1) is 22.8. The van der Waals surface area contributed by atoms with Crippen molar-refractivity contribution >= 4 is 16.1 Å². The highest BCUT2D eigenvalue weighted by Crippen LogP contribution is 2.16. The van der Waals surface area contributed by atoms with Gasteiger partial charge in [-0.3, -0.25) is 4.79 Å². The first-order valence-corrected chi connectivity index (χ1v) is 12.4. The Morgan fingerprint density at radius 1 is 0.938 bits per heavy atom. The third-order valence-electron chi connectivity index (χ3n) is 5.94. The third-order valence-corrected chi connectivity index (χ3v) is 7.98. The van der Waals surface area contributed by atoms with Gasteiger partial charge in [0.05, 0.1) is 6.54 Å². The van der Waals surface area contributed by atoms with Crippen LogP contribution in [0, 0.1) is 0 Å². The number of likely N-dealkylation sites (N-methyl/N-ethyl adjacent to an activating group) is 1. The van der Waals surface area contributed by atoms with Crippen LogP contribution in [0.15, 0.2) is 30.3 Å². The van der Waals surface area contributed by atoms with E-state index in [0.717, 1.165) is 18.7 Å². The smallest absolute Gasteiger partial charge is 0.282 e. The molecule has 0 bridgehead atoms. The minimum Gasteiger partial charge on any atom is -0.340 e. The topological polar surface area (TPSA) is 108 Å². The number of piperazine rings is 2. The molecule has 0 saturated carbocycles. The maximum atomic E-state index is 12.9. The number of nitrogens with zero attached hydrogens (tertiary/aromatic N) is 8. The van der Waals surface area contributed by atoms with Crippen LogP contribution in [-0.2, 0) is 21.5 Å². The van der Waals surface area contributed by atoms with E-state index in [1.165, 1.54) is 9.10 Å². The molecule has 1 aromatic heterocycles. The molecule has 0 spiro atoms. The van der Waals surface area contributed by atoms with E-state index in [0.29, 0.717) is 64.5 Å². The molecule has 2 aliphatic heterocycles. The molecule has 1 amide bonds. The lowest BCUT2D eigenvalue weighted by atomic mass is 10.2. The number of aromatic nitrogens is 4. The average Bonchev–Trinajstić information content (AvgIpc) is 3.29. The molecule has 11 nitrogen and oxygen atoms in total. The van der Waals surface area contributed by atoms with Crippen LogP contribution in [0.25, 0.3) is 11.4 Å². The number of hydrogen-bond acceptors (Lipinski definition) is 7. The summed E-state index contributed by atoms with van der Waals surface area (Å²) in [6.07, 6.45) is 0.969. The van der Waals surface area contributed by atoms with Crippen molar-refractivity contribution in [2.24, 2.45) is 0 Å². The van der Waals surface area contributed by atoms with Gasteiger partial charge in [0.15, 0.2) is 0 Å². The molecule has 32 heavy (non-hydrogen) atoms. The molecular weight excluding hydrogens is 432 g/mol. The zero-order chi connectivity index (χ0) is 22.6. The summed E-state index contributed by atoms with van der Waals surface area (Å²) in [5, 5.41) is 12.5. The molecule has 0 aliphatic carbocycles. The normalized spacial score (nSPS) is 19.3. The lowest BCUT2D eigenvalue weighted by molar-refractivity contribution is -0.132. The van der Waals surface area contributed by atoms with Crippen molar-refractivity contribution in [3.8, 4) is 11.4 Å². The predicted molar refractivity (Wildman–Crippen MR) is 119 cm³/mol. The molecule has 2 aromatic rings. The number of aryl methyl sites for hydroxylation is 1. The standard InChI is InChI=1S/C20H30N8O3S/c1-24-10-14-26(15-11-24)32(30,31)27-16-12-25(13-17-27)19(29)8-5-9-28-22-20(21-23-28)18-6-3-2-4-7-18/h2-4,6-7H,5,8-17H2,1H3. The van der Waals surface area contributed by atoms with Gasteiger partial charge in [-0.1, -0.05) is 30.3 Å². The lowest BCUT2D eigenvalue weighted by Crippen LogP contribution is -2.57. The first-order chi connectivity index (χ1) is 15.4. The highest BCUT2D eigenvalue weighted by atomic mass is 32.2. The van der Waals surface area contributed by atoms with Crippen molar-refractivity contribution in [2.75, 3.05) is 59.4 Å². The van der Waals surface area contributed by atoms with Crippen LogP contribution in [-0.4, -0.2) is 112 Å². The summed E-state index contributed by atoms with van der Waals surface area (Å²) in [6, 6.07) is 9.62. The minimum atomic E-state index is -3.46. The second-order valence-electron chi connectivity index (χ2n) is 8.17. The van der Waals surface area contributed by atoms with Gasteiger partial charge in [-0.15, -0.1) is 10.2 Å². The predicted octanol–water partition coefficient (Wildman–Crippen LogP) is -0.243. The van der Waals surface area contributed by atoms with E-state index in [2.05, 4.69) is 20.3 Å². The van der Waals surface area contributed by atoms with Crippen LogP contribution >= 0.6 is 0 Å². The van der Waals surface area contributed by atoms with E-state index in [1.54, 1.807) is 9.21 Å². The van der Waals surface area contributed by atoms with E-state index in [9.17, 15) is 13.2 Å². The van der Waals surface area contributed by atoms with Crippen molar-refractivity contribution in [1.29, 1.82) is 0 Å². The second-order valence-corrected chi connectivity index (χ2v) is 10.1. The van der Waals surface area contributed by atoms with Crippen molar-refractivity contribution in [2.45, 2.75) is 19.4 Å². The molecule has 4 rings (SSSR count). The number of tetrazole rings is 1. The maximum Gasteiger partial charge on any atom is 0.282 e. The molecule has 174 valence electrons. The average molecular weight is 463 g/mol. The van der Waals surface area contributed by atoms with E-state index in [-0.39, 0.29) is 5.91 Å². The minimum absolute atomic E-state index is 0.0324. The van der Waals surface area contributed by atoms with Crippen molar-refractivity contribution in [1.82, 2.24) is 38.6 Å². The van der Waals surface area contributed by atoms with Crippen molar-refractivity contribution in [3.05, 3.63) is 30.3 Å². The Labute approximate surface area is 188 Å². The van der Waals surface area contributed by atoms with Crippen LogP contribution in [0.3, 0.4) is 0 Å². The lowest BCUT2D eigenvalue weighted by Gasteiger charge is -2.39. The summed E-state index contributed by atoms with van der Waals surface area (Å²) in [6.45, 7) is 4.54. The van der Waals surface area contributed by atoms with Crippen LogP contribution < -0.4 is 0 Å². The van der Waals surface area contributed by atoms with Crippen molar-refractivity contribution in [3.63, 3.8) is 0 Å². The summed E-state index contributed by atoms with van der Waals surface area (Å²) < 4.78 is 28.8. The maximum absolute atomic E-state index is 12.9. The number of rotatable bonds is 7. The van der Waals surface area contributed by atoms with Crippen molar-refractivity contribution < 1.29 is 13.2 Å². The fourth-order valence-corrected chi connectivity index (χ4v) is 5.50. The van der Waals surface area contributed by atoms with Gasteiger partial charge >= 0.3 is 0 Å². The van der Waals surface area contributed by atoms with Crippen LogP contribution in [0.2, 0.25) is 0 Å². The number of carbonyl (C=O) groups is 1. The monoisotopic (exact) mass is 462 g/mol. The van der Waals surface area contributed by atoms with E-state index < -0.39 is 10.2 Å². The summed E-state index contributed by atoms with van der Waals surface area (Å²) in [5.74, 6) is 0.597. The highest BCUT2D eigenvalue weighted by Gasteiger charge is 2.34. The molecule has 0 unspecified atom stereocenters. The number of carbonyl (C=O) groups excluding carboxylic acids is 1. The van der Waals surface area contributed by atoms with Gasteiger partial charge in [0, 0.05) is 64.3 Å². The molecule has 3 heterocycles. The van der Waals surface area contributed by atoms with Crippen LogP contribution in [0.5, 0.6) is 0 Å². The number of benzene rings is 1.